The highest BCUT2D eigenvalue weighted by Crippen LogP contribution is 2.31. The van der Waals surface area contributed by atoms with Crippen molar-refractivity contribution in [2.75, 3.05) is 31.1 Å². The van der Waals surface area contributed by atoms with Gasteiger partial charge in [-0.3, -0.25) is 4.79 Å². The van der Waals surface area contributed by atoms with E-state index in [1.54, 1.807) is 18.2 Å². The van der Waals surface area contributed by atoms with E-state index in [1.165, 1.54) is 11.0 Å². The van der Waals surface area contributed by atoms with E-state index >= 15 is 0 Å². The third kappa shape index (κ3) is 2.35. The maximum atomic E-state index is 13.9. The number of rotatable bonds is 1. The number of halogens is 1. The number of nitrogens with one attached hydrogen (secondary N) is 1. The molecular formula is C14H17FN2O2. The van der Waals surface area contributed by atoms with Crippen molar-refractivity contribution in [2.45, 2.75) is 18.4 Å². The summed E-state index contributed by atoms with van der Waals surface area (Å²) in [7, 11) is 0. The van der Waals surface area contributed by atoms with Gasteiger partial charge in [-0.15, -0.1) is 0 Å². The van der Waals surface area contributed by atoms with Gasteiger partial charge in [0.25, 0.3) is 5.91 Å². The normalized spacial score (nSPS) is 22.8. The molecule has 2 heterocycles. The Hall–Kier alpha value is -1.46. The molecule has 0 aliphatic carbocycles. The van der Waals surface area contributed by atoms with Gasteiger partial charge in [-0.2, -0.15) is 0 Å². The van der Waals surface area contributed by atoms with Gasteiger partial charge in [-0.05, 0) is 38.1 Å². The first-order chi connectivity index (χ1) is 9.20. The van der Waals surface area contributed by atoms with Gasteiger partial charge in [-0.25, -0.2) is 4.39 Å². The molecule has 4 nitrogen and oxygen atoms in total. The fraction of sp³-hybridized carbons (Fsp3) is 0.500. The Morgan fingerprint density at radius 2 is 2.00 bits per heavy atom. The molecular weight excluding hydrogens is 247 g/mol. The SMILES string of the molecule is O=C1COC2(CCNCC2)CN1c1ccccc1F. The highest BCUT2D eigenvalue weighted by Gasteiger charge is 2.41. The molecule has 102 valence electrons. The number of amides is 1. The number of piperidine rings is 1. The van der Waals surface area contributed by atoms with Crippen LogP contribution in [-0.4, -0.2) is 37.7 Å². The number of benzene rings is 1. The lowest BCUT2D eigenvalue weighted by Gasteiger charge is -2.44. The van der Waals surface area contributed by atoms with Crippen LogP contribution >= 0.6 is 0 Å². The minimum atomic E-state index is -0.359. The number of hydrogen-bond acceptors (Lipinski definition) is 3. The second kappa shape index (κ2) is 4.90. The molecule has 1 N–H and O–H groups in total. The van der Waals surface area contributed by atoms with Crippen LogP contribution in [0.5, 0.6) is 0 Å². The second-order valence-corrected chi connectivity index (χ2v) is 5.15. The summed E-state index contributed by atoms with van der Waals surface area (Å²) in [6, 6.07) is 6.40. The molecule has 1 aromatic carbocycles. The van der Waals surface area contributed by atoms with Crippen molar-refractivity contribution >= 4 is 11.6 Å². The number of ether oxygens (including phenoxy) is 1. The average molecular weight is 264 g/mol. The molecule has 5 heteroatoms. The topological polar surface area (TPSA) is 41.6 Å². The number of carbonyl (C=O) groups is 1. The minimum absolute atomic E-state index is 0.0360. The van der Waals surface area contributed by atoms with E-state index < -0.39 is 0 Å². The van der Waals surface area contributed by atoms with Gasteiger partial charge in [0.05, 0.1) is 17.8 Å². The lowest BCUT2D eigenvalue weighted by atomic mass is 9.90. The first-order valence-corrected chi connectivity index (χ1v) is 6.60. The predicted octanol–water partition coefficient (Wildman–Crippen LogP) is 1.31. The lowest BCUT2D eigenvalue weighted by molar-refractivity contribution is -0.141. The van der Waals surface area contributed by atoms with Crippen molar-refractivity contribution in [3.63, 3.8) is 0 Å². The number of anilines is 1. The summed E-state index contributed by atoms with van der Waals surface area (Å²) in [4.78, 5) is 13.5. The van der Waals surface area contributed by atoms with Crippen LogP contribution in [0.15, 0.2) is 24.3 Å². The molecule has 2 aliphatic rings. The summed E-state index contributed by atoms with van der Waals surface area (Å²) in [6.45, 7) is 2.22. The third-order valence-corrected chi connectivity index (χ3v) is 3.91. The summed E-state index contributed by atoms with van der Waals surface area (Å²) in [5, 5.41) is 3.28. The van der Waals surface area contributed by atoms with Crippen molar-refractivity contribution < 1.29 is 13.9 Å². The molecule has 0 saturated carbocycles. The molecule has 0 unspecified atom stereocenters. The van der Waals surface area contributed by atoms with Crippen LogP contribution in [0.2, 0.25) is 0 Å². The third-order valence-electron chi connectivity index (χ3n) is 3.91. The van der Waals surface area contributed by atoms with Gasteiger partial charge in [0.15, 0.2) is 0 Å². The Balaban J connectivity index is 1.87. The van der Waals surface area contributed by atoms with Crippen LogP contribution in [0.3, 0.4) is 0 Å². The van der Waals surface area contributed by atoms with E-state index in [1.807, 2.05) is 0 Å². The van der Waals surface area contributed by atoms with E-state index in [-0.39, 0.29) is 23.9 Å². The first kappa shape index (κ1) is 12.6. The van der Waals surface area contributed by atoms with Gasteiger partial charge in [0, 0.05) is 0 Å². The lowest BCUT2D eigenvalue weighted by Crippen LogP contribution is -2.58. The molecule has 1 aromatic rings. The maximum Gasteiger partial charge on any atom is 0.253 e. The van der Waals surface area contributed by atoms with Crippen LogP contribution in [-0.2, 0) is 9.53 Å². The smallest absolute Gasteiger partial charge is 0.253 e. The fourth-order valence-corrected chi connectivity index (χ4v) is 2.79. The Bertz CT molecular complexity index is 486. The van der Waals surface area contributed by atoms with Crippen molar-refractivity contribution in [1.82, 2.24) is 5.32 Å². The second-order valence-electron chi connectivity index (χ2n) is 5.15. The van der Waals surface area contributed by atoms with Crippen LogP contribution in [0, 0.1) is 5.82 Å². The zero-order chi connectivity index (χ0) is 13.3. The average Bonchev–Trinajstić information content (AvgIpc) is 2.44. The largest absolute Gasteiger partial charge is 0.363 e. The quantitative estimate of drug-likeness (QED) is 0.831. The zero-order valence-electron chi connectivity index (χ0n) is 10.7. The number of morpholine rings is 1. The maximum absolute atomic E-state index is 13.9. The zero-order valence-corrected chi connectivity index (χ0v) is 10.7. The van der Waals surface area contributed by atoms with E-state index in [9.17, 15) is 9.18 Å². The molecule has 3 rings (SSSR count). The standard InChI is InChI=1S/C14H17FN2O2/c15-11-3-1-2-4-12(11)17-10-14(19-9-13(17)18)5-7-16-8-6-14/h1-4,16H,5-10H2. The monoisotopic (exact) mass is 264 g/mol. The van der Waals surface area contributed by atoms with Crippen molar-refractivity contribution in [3.05, 3.63) is 30.1 Å². The Morgan fingerprint density at radius 1 is 1.26 bits per heavy atom. The number of para-hydroxylation sites is 1. The Morgan fingerprint density at radius 3 is 2.74 bits per heavy atom. The van der Waals surface area contributed by atoms with Gasteiger partial charge >= 0.3 is 0 Å². The van der Waals surface area contributed by atoms with Gasteiger partial charge in [0.1, 0.15) is 12.4 Å². The predicted molar refractivity (Wildman–Crippen MR) is 69.5 cm³/mol. The number of hydrogen-bond donors (Lipinski definition) is 1. The highest BCUT2D eigenvalue weighted by atomic mass is 19.1. The van der Waals surface area contributed by atoms with Gasteiger partial charge in [-0.1, -0.05) is 12.1 Å². The molecule has 2 saturated heterocycles. The summed E-state index contributed by atoms with van der Waals surface area (Å²) in [5.74, 6) is -0.531. The van der Waals surface area contributed by atoms with Crippen molar-refractivity contribution in [1.29, 1.82) is 0 Å². The molecule has 0 radical (unpaired) electrons. The van der Waals surface area contributed by atoms with Crippen LogP contribution in [0.1, 0.15) is 12.8 Å². The summed E-state index contributed by atoms with van der Waals surface area (Å²) < 4.78 is 19.6. The van der Waals surface area contributed by atoms with Crippen molar-refractivity contribution in [3.8, 4) is 0 Å². The Labute approximate surface area is 111 Å². The molecule has 2 fully saturated rings. The molecule has 1 amide bonds. The first-order valence-electron chi connectivity index (χ1n) is 6.60. The van der Waals surface area contributed by atoms with E-state index in [0.717, 1.165) is 25.9 Å². The molecule has 0 bridgehead atoms. The number of carbonyl (C=O) groups excluding carboxylic acids is 1. The van der Waals surface area contributed by atoms with E-state index in [2.05, 4.69) is 5.32 Å². The molecule has 0 aromatic heterocycles. The Kier molecular flexibility index (Phi) is 3.24. The van der Waals surface area contributed by atoms with Gasteiger partial charge in [0.2, 0.25) is 0 Å². The van der Waals surface area contributed by atoms with E-state index in [0.29, 0.717) is 12.2 Å². The summed E-state index contributed by atoms with van der Waals surface area (Å²) >= 11 is 0. The molecule has 1 spiro atoms. The summed E-state index contributed by atoms with van der Waals surface area (Å²) in [5.41, 5.74) is 0.0373. The summed E-state index contributed by atoms with van der Waals surface area (Å²) in [6.07, 6.45) is 1.70. The number of nitrogens with zero attached hydrogens (tertiary/aromatic N) is 1. The minimum Gasteiger partial charge on any atom is -0.363 e. The van der Waals surface area contributed by atoms with Crippen LogP contribution in [0.4, 0.5) is 10.1 Å². The molecule has 19 heavy (non-hydrogen) atoms. The fourth-order valence-electron chi connectivity index (χ4n) is 2.79. The molecule has 2 aliphatic heterocycles. The van der Waals surface area contributed by atoms with E-state index in [4.69, 9.17) is 4.74 Å². The van der Waals surface area contributed by atoms with Crippen LogP contribution in [0.25, 0.3) is 0 Å². The molecule has 0 atom stereocenters. The van der Waals surface area contributed by atoms with Gasteiger partial charge < -0.3 is 15.0 Å². The highest BCUT2D eigenvalue weighted by molar-refractivity contribution is 5.95. The van der Waals surface area contributed by atoms with Crippen LogP contribution < -0.4 is 10.2 Å². The van der Waals surface area contributed by atoms with Crippen molar-refractivity contribution in [2.24, 2.45) is 0 Å².